The van der Waals surface area contributed by atoms with Gasteiger partial charge in [-0.05, 0) is 44.1 Å². The van der Waals surface area contributed by atoms with Crippen molar-refractivity contribution in [1.29, 1.82) is 0 Å². The molecule has 4 rings (SSSR count). The molecule has 3 nitrogen and oxygen atoms in total. The highest BCUT2D eigenvalue weighted by Gasteiger charge is 2.35. The molecule has 21 heavy (non-hydrogen) atoms. The van der Waals surface area contributed by atoms with Crippen molar-refractivity contribution in [3.8, 4) is 0 Å². The first-order chi connectivity index (χ1) is 10.3. The fourth-order valence-corrected chi connectivity index (χ4v) is 4.55. The maximum absolute atomic E-state index is 10.8. The maximum atomic E-state index is 10.8. The average molecular weight is 287 g/mol. The lowest BCUT2D eigenvalue weighted by Crippen LogP contribution is -2.30. The van der Waals surface area contributed by atoms with Crippen LogP contribution in [0.25, 0.3) is 0 Å². The summed E-state index contributed by atoms with van der Waals surface area (Å²) >= 11 is 0. The van der Waals surface area contributed by atoms with Gasteiger partial charge in [-0.25, -0.2) is 4.58 Å². The fraction of sp³-hybridized carbons (Fsp3) is 0.722. The summed E-state index contributed by atoms with van der Waals surface area (Å²) in [7, 11) is 0. The van der Waals surface area contributed by atoms with Gasteiger partial charge < -0.3 is 10.0 Å². The van der Waals surface area contributed by atoms with Gasteiger partial charge in [0.1, 0.15) is 13.1 Å². The first kappa shape index (κ1) is 13.4. The monoisotopic (exact) mass is 287 g/mol. The van der Waals surface area contributed by atoms with Gasteiger partial charge in [-0.3, -0.25) is 0 Å². The van der Waals surface area contributed by atoms with Crippen LogP contribution in [0.4, 0.5) is 0 Å². The first-order valence-corrected chi connectivity index (χ1v) is 8.83. The highest BCUT2D eigenvalue weighted by molar-refractivity contribution is 5.96. The quantitative estimate of drug-likeness (QED) is 0.750. The summed E-state index contributed by atoms with van der Waals surface area (Å²) < 4.78 is 2.43. The Balaban J connectivity index is 1.69. The van der Waals surface area contributed by atoms with Gasteiger partial charge in [-0.1, -0.05) is 0 Å². The molecule has 114 valence electrons. The second kappa shape index (κ2) is 5.51. The minimum atomic E-state index is 0.600. The van der Waals surface area contributed by atoms with Crippen LogP contribution in [0.2, 0.25) is 0 Å². The van der Waals surface area contributed by atoms with Gasteiger partial charge in [0.2, 0.25) is 5.71 Å². The van der Waals surface area contributed by atoms with Crippen molar-refractivity contribution >= 4 is 5.71 Å². The Morgan fingerprint density at radius 2 is 1.71 bits per heavy atom. The Labute approximate surface area is 127 Å². The van der Waals surface area contributed by atoms with E-state index < -0.39 is 0 Å². The van der Waals surface area contributed by atoms with Crippen LogP contribution in [0.1, 0.15) is 51.4 Å². The summed E-state index contributed by atoms with van der Waals surface area (Å²) in [6, 6.07) is 0. The molecule has 2 aliphatic carbocycles. The van der Waals surface area contributed by atoms with Crippen molar-refractivity contribution in [1.82, 2.24) is 4.90 Å². The highest BCUT2D eigenvalue weighted by Crippen LogP contribution is 2.38. The summed E-state index contributed by atoms with van der Waals surface area (Å²) in [6.07, 6.45) is 12.3. The Morgan fingerprint density at radius 1 is 1.00 bits per heavy atom. The van der Waals surface area contributed by atoms with Crippen LogP contribution in [0, 0.1) is 5.92 Å². The Kier molecular flexibility index (Phi) is 3.52. The van der Waals surface area contributed by atoms with Crippen molar-refractivity contribution in [2.75, 3.05) is 26.2 Å². The van der Waals surface area contributed by atoms with E-state index in [1.165, 1.54) is 75.0 Å². The van der Waals surface area contributed by atoms with Gasteiger partial charge >= 0.3 is 0 Å². The molecule has 2 saturated heterocycles. The van der Waals surface area contributed by atoms with E-state index in [-0.39, 0.29) is 0 Å². The average Bonchev–Trinajstić information content (AvgIpc) is 3.21. The summed E-state index contributed by atoms with van der Waals surface area (Å²) in [5, 5.41) is 10.8. The fourth-order valence-electron chi connectivity index (χ4n) is 4.55. The topological polar surface area (TPSA) is 26.5 Å². The van der Waals surface area contributed by atoms with Gasteiger partial charge in [0.15, 0.2) is 5.76 Å². The van der Waals surface area contributed by atoms with Gasteiger partial charge in [-0.15, -0.1) is 0 Å². The molecule has 0 amide bonds. The lowest BCUT2D eigenvalue weighted by molar-refractivity contribution is -0.507. The van der Waals surface area contributed by atoms with Crippen molar-refractivity contribution < 1.29 is 9.68 Å². The number of likely N-dealkylation sites (tertiary alicyclic amines) is 1. The van der Waals surface area contributed by atoms with Crippen LogP contribution in [-0.2, 0) is 0 Å². The predicted octanol–water partition coefficient (Wildman–Crippen LogP) is 3.23. The van der Waals surface area contributed by atoms with Crippen LogP contribution in [0.15, 0.2) is 23.1 Å². The SMILES string of the molecule is OC1=C2C=C(N3CCCC3)CCC2CCC1=[N+]1CCCC1. The molecule has 0 aromatic carbocycles. The Hall–Kier alpha value is -1.25. The first-order valence-electron chi connectivity index (χ1n) is 8.83. The van der Waals surface area contributed by atoms with Crippen LogP contribution < -0.4 is 0 Å². The van der Waals surface area contributed by atoms with Crippen LogP contribution in [0.3, 0.4) is 0 Å². The lowest BCUT2D eigenvalue weighted by Gasteiger charge is -2.32. The Morgan fingerprint density at radius 3 is 2.48 bits per heavy atom. The van der Waals surface area contributed by atoms with Crippen LogP contribution in [-0.4, -0.2) is 46.5 Å². The van der Waals surface area contributed by atoms with Crippen molar-refractivity contribution in [3.63, 3.8) is 0 Å². The molecular weight excluding hydrogens is 260 g/mol. The van der Waals surface area contributed by atoms with Gasteiger partial charge in [0.05, 0.1) is 0 Å². The molecule has 0 spiro atoms. The predicted molar refractivity (Wildman–Crippen MR) is 84.7 cm³/mol. The van der Waals surface area contributed by atoms with Gasteiger partial charge in [0, 0.05) is 43.6 Å². The molecule has 2 heterocycles. The Bertz CT molecular complexity index is 515. The zero-order chi connectivity index (χ0) is 14.2. The van der Waals surface area contributed by atoms with E-state index in [0.717, 1.165) is 19.5 Å². The van der Waals surface area contributed by atoms with E-state index in [4.69, 9.17) is 0 Å². The third-order valence-corrected chi connectivity index (χ3v) is 5.79. The van der Waals surface area contributed by atoms with Crippen molar-refractivity contribution in [2.24, 2.45) is 5.92 Å². The number of fused-ring (bicyclic) bond motifs is 1. The number of aliphatic hydroxyl groups is 1. The second-order valence-corrected chi connectivity index (χ2v) is 7.05. The summed E-state index contributed by atoms with van der Waals surface area (Å²) in [4.78, 5) is 2.54. The van der Waals surface area contributed by atoms with E-state index in [1.54, 1.807) is 0 Å². The molecule has 1 atom stereocenters. The zero-order valence-corrected chi connectivity index (χ0v) is 13.0. The standard InChI is InChI=1S/C18H26N2O/c21-18-16-13-15(19-9-1-2-10-19)7-5-14(16)6-8-17(18)20-11-3-4-12-20/h13-14H,1-12H2/p+1. The van der Waals surface area contributed by atoms with Crippen molar-refractivity contribution in [2.45, 2.75) is 51.4 Å². The van der Waals surface area contributed by atoms with Gasteiger partial charge in [-0.2, -0.15) is 0 Å². The molecule has 0 bridgehead atoms. The molecule has 0 aromatic rings. The third-order valence-electron chi connectivity index (χ3n) is 5.79. The summed E-state index contributed by atoms with van der Waals surface area (Å²) in [5.74, 6) is 1.23. The maximum Gasteiger partial charge on any atom is 0.218 e. The lowest BCUT2D eigenvalue weighted by atomic mass is 9.78. The number of aliphatic hydroxyl groups excluding tert-OH is 1. The summed E-state index contributed by atoms with van der Waals surface area (Å²) in [6.45, 7) is 4.71. The number of allylic oxidation sites excluding steroid dienone is 4. The van der Waals surface area contributed by atoms with E-state index in [2.05, 4.69) is 15.6 Å². The third kappa shape index (κ3) is 2.41. The van der Waals surface area contributed by atoms with E-state index in [9.17, 15) is 5.11 Å². The van der Waals surface area contributed by atoms with E-state index >= 15 is 0 Å². The molecular formula is C18H27N2O+. The highest BCUT2D eigenvalue weighted by atomic mass is 16.3. The van der Waals surface area contributed by atoms with Crippen LogP contribution in [0.5, 0.6) is 0 Å². The molecule has 2 fully saturated rings. The molecule has 0 aromatic heterocycles. The number of hydrogen-bond acceptors (Lipinski definition) is 2. The normalized spacial score (nSPS) is 30.0. The molecule has 4 aliphatic rings. The minimum absolute atomic E-state index is 0.600. The molecule has 1 N–H and O–H groups in total. The molecule has 0 radical (unpaired) electrons. The summed E-state index contributed by atoms with van der Waals surface area (Å²) in [5.41, 5.74) is 3.96. The van der Waals surface area contributed by atoms with E-state index in [0.29, 0.717) is 11.7 Å². The molecule has 2 aliphatic heterocycles. The molecule has 3 heteroatoms. The second-order valence-electron chi connectivity index (χ2n) is 7.05. The number of hydrogen-bond donors (Lipinski definition) is 1. The smallest absolute Gasteiger partial charge is 0.218 e. The zero-order valence-electron chi connectivity index (χ0n) is 13.0. The molecule has 1 unspecified atom stereocenters. The largest absolute Gasteiger partial charge is 0.502 e. The number of rotatable bonds is 1. The number of nitrogens with zero attached hydrogens (tertiary/aromatic N) is 2. The van der Waals surface area contributed by atoms with Gasteiger partial charge in [0.25, 0.3) is 0 Å². The van der Waals surface area contributed by atoms with E-state index in [1.807, 2.05) is 0 Å². The van der Waals surface area contributed by atoms with Crippen molar-refractivity contribution in [3.05, 3.63) is 23.1 Å². The van der Waals surface area contributed by atoms with Crippen LogP contribution >= 0.6 is 0 Å². The minimum Gasteiger partial charge on any atom is -0.502 e. The molecule has 0 saturated carbocycles.